The Morgan fingerprint density at radius 1 is 1.38 bits per heavy atom. The van der Waals surface area contributed by atoms with Crippen molar-refractivity contribution in [1.29, 1.82) is 5.26 Å². The van der Waals surface area contributed by atoms with Crippen LogP contribution in [0.5, 0.6) is 5.75 Å². The second-order valence-electron chi connectivity index (χ2n) is 5.37. The fourth-order valence-electron chi connectivity index (χ4n) is 2.46. The number of nitrogens with two attached hydrogens (primary N) is 1. The van der Waals surface area contributed by atoms with Gasteiger partial charge < -0.3 is 15.0 Å². The van der Waals surface area contributed by atoms with Gasteiger partial charge in [-0.05, 0) is 30.8 Å². The van der Waals surface area contributed by atoms with Crippen LogP contribution in [-0.4, -0.2) is 21.1 Å². The predicted octanol–water partition coefficient (Wildman–Crippen LogP) is 2.96. The summed E-state index contributed by atoms with van der Waals surface area (Å²) in [5, 5.41) is 9.75. The number of aromatic nitrogens is 3. The van der Waals surface area contributed by atoms with Crippen LogP contribution in [0.2, 0.25) is 5.02 Å². The average molecular weight is 342 g/mol. The third kappa shape index (κ3) is 3.18. The topological polar surface area (TPSA) is 89.8 Å². The van der Waals surface area contributed by atoms with E-state index in [9.17, 15) is 5.26 Å². The summed E-state index contributed by atoms with van der Waals surface area (Å²) >= 11 is 6.02. The van der Waals surface area contributed by atoms with Gasteiger partial charge in [-0.15, -0.1) is 0 Å². The molecule has 1 unspecified atom stereocenters. The highest BCUT2D eigenvalue weighted by Gasteiger charge is 2.18. The molecule has 2 aromatic heterocycles. The molecule has 0 aliphatic carbocycles. The van der Waals surface area contributed by atoms with Gasteiger partial charge in [0.2, 0.25) is 0 Å². The van der Waals surface area contributed by atoms with Gasteiger partial charge in [-0.3, -0.25) is 0 Å². The fraction of sp³-hybridized carbons (Fsp3) is 0.235. The first-order valence-electron chi connectivity index (χ1n) is 7.46. The van der Waals surface area contributed by atoms with Crippen molar-refractivity contribution in [2.24, 2.45) is 12.8 Å². The van der Waals surface area contributed by atoms with Crippen LogP contribution in [0.4, 0.5) is 0 Å². The molecule has 7 heteroatoms. The molecule has 0 fully saturated rings. The number of aryl methyl sites for hydroxylation is 1. The highest BCUT2D eigenvalue weighted by atomic mass is 35.5. The van der Waals surface area contributed by atoms with Crippen LogP contribution in [-0.2, 0) is 7.05 Å². The van der Waals surface area contributed by atoms with E-state index >= 15 is 0 Å². The number of nitriles is 1. The minimum Gasteiger partial charge on any atom is -0.483 e. The molecule has 0 aliphatic heterocycles. The van der Waals surface area contributed by atoms with E-state index in [0.717, 1.165) is 16.9 Å². The first-order valence-corrected chi connectivity index (χ1v) is 7.84. The molecule has 1 atom stereocenters. The molecule has 2 N–H and O–H groups in total. The number of benzene rings is 1. The number of imidazole rings is 1. The van der Waals surface area contributed by atoms with E-state index in [2.05, 4.69) is 16.0 Å². The van der Waals surface area contributed by atoms with Gasteiger partial charge in [-0.2, -0.15) is 5.26 Å². The molecule has 0 radical (unpaired) electrons. The fourth-order valence-corrected chi connectivity index (χ4v) is 2.62. The highest BCUT2D eigenvalue weighted by Crippen LogP contribution is 2.29. The van der Waals surface area contributed by atoms with E-state index in [4.69, 9.17) is 22.1 Å². The van der Waals surface area contributed by atoms with Crippen LogP contribution in [0.15, 0.2) is 36.7 Å². The number of hydrogen-bond donors (Lipinski definition) is 1. The van der Waals surface area contributed by atoms with Crippen molar-refractivity contribution in [1.82, 2.24) is 14.5 Å². The van der Waals surface area contributed by atoms with Crippen LogP contribution in [0.3, 0.4) is 0 Å². The van der Waals surface area contributed by atoms with E-state index in [1.807, 2.05) is 23.7 Å². The van der Waals surface area contributed by atoms with Gasteiger partial charge in [0.25, 0.3) is 0 Å². The number of halogens is 1. The summed E-state index contributed by atoms with van der Waals surface area (Å²) in [5.74, 6) is 0.426. The lowest BCUT2D eigenvalue weighted by Crippen LogP contribution is -2.15. The average Bonchev–Trinajstić information content (AvgIpc) is 2.95. The quantitative estimate of drug-likeness (QED) is 0.770. The van der Waals surface area contributed by atoms with E-state index in [0.29, 0.717) is 29.3 Å². The molecule has 0 aliphatic rings. The van der Waals surface area contributed by atoms with E-state index in [-0.39, 0.29) is 6.10 Å². The van der Waals surface area contributed by atoms with E-state index in [1.165, 1.54) is 0 Å². The number of rotatable bonds is 5. The Balaban J connectivity index is 1.98. The third-order valence-electron chi connectivity index (χ3n) is 3.67. The van der Waals surface area contributed by atoms with Crippen molar-refractivity contribution >= 4 is 22.8 Å². The molecule has 3 rings (SSSR count). The van der Waals surface area contributed by atoms with Gasteiger partial charge >= 0.3 is 0 Å². The zero-order valence-electron chi connectivity index (χ0n) is 13.1. The van der Waals surface area contributed by atoms with Gasteiger partial charge in [0.15, 0.2) is 5.65 Å². The molecular formula is C17H16ClN5O. The lowest BCUT2D eigenvalue weighted by atomic mass is 10.1. The van der Waals surface area contributed by atoms with Crippen molar-refractivity contribution in [3.05, 3.63) is 52.9 Å². The lowest BCUT2D eigenvalue weighted by Gasteiger charge is -2.19. The largest absolute Gasteiger partial charge is 0.483 e. The minimum absolute atomic E-state index is 0.375. The second-order valence-corrected chi connectivity index (χ2v) is 5.81. The molecule has 0 bridgehead atoms. The SMILES string of the molecule is Cn1cnc2ccc(C(CCN)Oc3cc(Cl)ccc3C#N)nc21. The molecular weight excluding hydrogens is 326 g/mol. The third-order valence-corrected chi connectivity index (χ3v) is 3.91. The number of nitrogens with zero attached hydrogens (tertiary/aromatic N) is 4. The minimum atomic E-state index is -0.375. The zero-order valence-corrected chi connectivity index (χ0v) is 13.9. The van der Waals surface area contributed by atoms with Crippen molar-refractivity contribution in [3.63, 3.8) is 0 Å². The first kappa shape index (κ1) is 16.2. The highest BCUT2D eigenvalue weighted by molar-refractivity contribution is 6.30. The number of pyridine rings is 1. The monoisotopic (exact) mass is 341 g/mol. The molecule has 6 nitrogen and oxygen atoms in total. The molecule has 3 aromatic rings. The molecule has 122 valence electrons. The van der Waals surface area contributed by atoms with Gasteiger partial charge in [-0.1, -0.05) is 11.6 Å². The van der Waals surface area contributed by atoms with Crippen LogP contribution >= 0.6 is 11.6 Å². The maximum absolute atomic E-state index is 9.25. The van der Waals surface area contributed by atoms with Gasteiger partial charge in [0.05, 0.1) is 17.6 Å². The van der Waals surface area contributed by atoms with E-state index in [1.54, 1.807) is 24.5 Å². The summed E-state index contributed by atoms with van der Waals surface area (Å²) in [5.41, 5.74) is 8.46. The summed E-state index contributed by atoms with van der Waals surface area (Å²) in [7, 11) is 1.88. The first-order chi connectivity index (χ1) is 11.6. The summed E-state index contributed by atoms with van der Waals surface area (Å²) in [6.45, 7) is 0.429. The summed E-state index contributed by atoms with van der Waals surface area (Å²) in [6, 6.07) is 10.8. The Bertz CT molecular complexity index is 915. The normalized spacial score (nSPS) is 12.1. The van der Waals surface area contributed by atoms with Gasteiger partial charge in [0, 0.05) is 24.6 Å². The summed E-state index contributed by atoms with van der Waals surface area (Å²) in [4.78, 5) is 8.89. The molecule has 2 heterocycles. The van der Waals surface area contributed by atoms with Crippen LogP contribution < -0.4 is 10.5 Å². The summed E-state index contributed by atoms with van der Waals surface area (Å²) in [6.07, 6.45) is 1.90. The van der Waals surface area contributed by atoms with Crippen molar-refractivity contribution in [2.75, 3.05) is 6.54 Å². The van der Waals surface area contributed by atoms with Crippen molar-refractivity contribution in [3.8, 4) is 11.8 Å². The molecule has 24 heavy (non-hydrogen) atoms. The summed E-state index contributed by atoms with van der Waals surface area (Å²) < 4.78 is 7.88. The zero-order chi connectivity index (χ0) is 17.1. The van der Waals surface area contributed by atoms with Gasteiger partial charge in [0.1, 0.15) is 23.4 Å². The maximum atomic E-state index is 9.25. The Morgan fingerprint density at radius 3 is 2.96 bits per heavy atom. The number of hydrogen-bond acceptors (Lipinski definition) is 5. The molecule has 0 saturated heterocycles. The standard InChI is InChI=1S/C17H16ClN5O/c1-23-10-21-14-5-4-13(22-17(14)23)15(6-7-19)24-16-8-12(18)3-2-11(16)9-20/h2-5,8,10,15H,6-7,19H2,1H3. The predicted molar refractivity (Wildman–Crippen MR) is 91.7 cm³/mol. The van der Waals surface area contributed by atoms with Crippen LogP contribution in [0, 0.1) is 11.3 Å². The molecule has 0 amide bonds. The molecule has 1 aromatic carbocycles. The number of fused-ring (bicyclic) bond motifs is 1. The Morgan fingerprint density at radius 2 is 2.21 bits per heavy atom. The van der Waals surface area contributed by atoms with Gasteiger partial charge in [-0.25, -0.2) is 9.97 Å². The van der Waals surface area contributed by atoms with Crippen LogP contribution in [0.1, 0.15) is 23.8 Å². The smallest absolute Gasteiger partial charge is 0.159 e. The molecule has 0 spiro atoms. The number of ether oxygens (including phenoxy) is 1. The maximum Gasteiger partial charge on any atom is 0.159 e. The Kier molecular flexibility index (Phi) is 4.65. The lowest BCUT2D eigenvalue weighted by molar-refractivity contribution is 0.193. The Hall–Kier alpha value is -2.62. The van der Waals surface area contributed by atoms with Crippen molar-refractivity contribution in [2.45, 2.75) is 12.5 Å². The second kappa shape index (κ2) is 6.87. The van der Waals surface area contributed by atoms with Crippen molar-refractivity contribution < 1.29 is 4.74 Å². The Labute approximate surface area is 144 Å². The van der Waals surface area contributed by atoms with Crippen LogP contribution in [0.25, 0.3) is 11.2 Å². The molecule has 0 saturated carbocycles. The van der Waals surface area contributed by atoms with E-state index < -0.39 is 0 Å².